The predicted molar refractivity (Wildman–Crippen MR) is 78.0 cm³/mol. The number of fused-ring (bicyclic) bond motifs is 3. The SMILES string of the molecule is CO[C@@H]1O[C@H]2CO[C@H](c3ccccc3)O[C@@H]2[C@H]2OC(=S)O[C@H]12. The molecular weight excluding hydrogens is 308 g/mol. The smallest absolute Gasteiger partial charge is 0.353 e. The summed E-state index contributed by atoms with van der Waals surface area (Å²) in [6, 6.07) is 9.76. The Morgan fingerprint density at radius 2 is 1.82 bits per heavy atom. The molecule has 0 amide bonds. The van der Waals surface area contributed by atoms with Gasteiger partial charge in [-0.15, -0.1) is 0 Å². The molecule has 1 aromatic rings. The van der Waals surface area contributed by atoms with Crippen molar-refractivity contribution in [3.05, 3.63) is 35.9 Å². The minimum absolute atomic E-state index is 0.104. The fraction of sp³-hybridized carbons (Fsp3) is 0.533. The molecule has 0 radical (unpaired) electrons. The lowest BCUT2D eigenvalue weighted by molar-refractivity contribution is -0.343. The van der Waals surface area contributed by atoms with E-state index in [1.165, 1.54) is 0 Å². The van der Waals surface area contributed by atoms with Crippen molar-refractivity contribution in [1.29, 1.82) is 0 Å². The molecule has 6 atom stereocenters. The van der Waals surface area contributed by atoms with Crippen molar-refractivity contribution >= 4 is 17.5 Å². The summed E-state index contributed by atoms with van der Waals surface area (Å²) in [5.41, 5.74) is 0.952. The van der Waals surface area contributed by atoms with E-state index in [-0.39, 0.29) is 23.5 Å². The van der Waals surface area contributed by atoms with Gasteiger partial charge < -0.3 is 28.4 Å². The van der Waals surface area contributed by atoms with Gasteiger partial charge in [-0.2, -0.15) is 0 Å². The average Bonchev–Trinajstić information content (AvgIpc) is 2.96. The van der Waals surface area contributed by atoms with Gasteiger partial charge in [0.1, 0.15) is 12.2 Å². The summed E-state index contributed by atoms with van der Waals surface area (Å²) in [6.07, 6.45) is -2.39. The van der Waals surface area contributed by atoms with Crippen molar-refractivity contribution in [1.82, 2.24) is 0 Å². The van der Waals surface area contributed by atoms with Crippen LogP contribution in [0, 0.1) is 0 Å². The lowest BCUT2D eigenvalue weighted by Gasteiger charge is -2.44. The van der Waals surface area contributed by atoms with Crippen LogP contribution in [0.2, 0.25) is 0 Å². The number of hydrogen-bond donors (Lipinski definition) is 0. The fourth-order valence-corrected chi connectivity index (χ4v) is 3.25. The first-order chi connectivity index (χ1) is 10.8. The van der Waals surface area contributed by atoms with Crippen molar-refractivity contribution in [3.63, 3.8) is 0 Å². The maximum absolute atomic E-state index is 6.06. The molecule has 0 saturated carbocycles. The van der Waals surface area contributed by atoms with Crippen molar-refractivity contribution in [3.8, 4) is 0 Å². The molecule has 6 nitrogen and oxygen atoms in total. The molecular formula is C15H16O6S. The van der Waals surface area contributed by atoms with Crippen LogP contribution in [0.5, 0.6) is 0 Å². The van der Waals surface area contributed by atoms with Gasteiger partial charge in [-0.3, -0.25) is 0 Å². The third-order valence-corrected chi connectivity index (χ3v) is 4.24. The van der Waals surface area contributed by atoms with E-state index < -0.39 is 18.7 Å². The van der Waals surface area contributed by atoms with Gasteiger partial charge in [-0.05, 0) is 0 Å². The minimum atomic E-state index is -0.549. The molecule has 0 N–H and O–H groups in total. The Labute approximate surface area is 133 Å². The Morgan fingerprint density at radius 3 is 2.59 bits per heavy atom. The summed E-state index contributed by atoms with van der Waals surface area (Å²) >= 11 is 5.01. The quantitative estimate of drug-likeness (QED) is 0.765. The van der Waals surface area contributed by atoms with E-state index in [2.05, 4.69) is 0 Å². The van der Waals surface area contributed by atoms with Gasteiger partial charge in [0.05, 0.1) is 6.61 Å². The number of ether oxygens (including phenoxy) is 6. The third kappa shape index (κ3) is 2.39. The van der Waals surface area contributed by atoms with Crippen LogP contribution in [0.15, 0.2) is 30.3 Å². The normalized spacial score (nSPS) is 40.3. The van der Waals surface area contributed by atoms with E-state index in [9.17, 15) is 0 Å². The number of hydrogen-bond acceptors (Lipinski definition) is 7. The zero-order chi connectivity index (χ0) is 15.1. The molecule has 3 fully saturated rings. The first-order valence-corrected chi connectivity index (χ1v) is 7.54. The van der Waals surface area contributed by atoms with Crippen molar-refractivity contribution < 1.29 is 28.4 Å². The summed E-state index contributed by atoms with van der Waals surface area (Å²) < 4.78 is 34.1. The zero-order valence-electron chi connectivity index (χ0n) is 11.9. The summed E-state index contributed by atoms with van der Waals surface area (Å²) in [5.74, 6) is 0. The van der Waals surface area contributed by atoms with E-state index in [0.717, 1.165) is 5.56 Å². The van der Waals surface area contributed by atoms with Crippen LogP contribution in [0.4, 0.5) is 0 Å². The van der Waals surface area contributed by atoms with Gasteiger partial charge in [0.2, 0.25) is 0 Å². The Bertz CT molecular complexity index is 552. The lowest BCUT2D eigenvalue weighted by atomic mass is 9.98. The van der Waals surface area contributed by atoms with Crippen LogP contribution in [-0.4, -0.2) is 49.7 Å². The standard InChI is InChI=1S/C15H16O6S/c1-16-14-12-11(20-15(22)21-12)10-9(18-14)7-17-13(19-10)8-5-3-2-4-6-8/h2-6,9-14H,7H2,1H3/t9-,10-,11+,12-,13-,14+/m0/s1. The molecule has 4 rings (SSSR count). The third-order valence-electron chi connectivity index (χ3n) is 4.05. The maximum Gasteiger partial charge on any atom is 0.353 e. The summed E-state index contributed by atoms with van der Waals surface area (Å²) in [5, 5.41) is 0.104. The number of benzene rings is 1. The number of thiocarbonyl (C=S) groups is 1. The summed E-state index contributed by atoms with van der Waals surface area (Å²) in [7, 11) is 1.56. The Kier molecular flexibility index (Phi) is 3.75. The molecule has 0 aliphatic carbocycles. The van der Waals surface area contributed by atoms with Crippen LogP contribution >= 0.6 is 12.2 Å². The van der Waals surface area contributed by atoms with E-state index in [1.54, 1.807) is 7.11 Å². The number of methoxy groups -OCH3 is 1. The van der Waals surface area contributed by atoms with E-state index in [4.69, 9.17) is 40.6 Å². The molecule has 0 unspecified atom stereocenters. The second-order valence-electron chi connectivity index (χ2n) is 5.37. The molecule has 3 heterocycles. The molecule has 22 heavy (non-hydrogen) atoms. The zero-order valence-corrected chi connectivity index (χ0v) is 12.7. The van der Waals surface area contributed by atoms with Crippen LogP contribution < -0.4 is 0 Å². The Hall–Kier alpha value is -1.25. The van der Waals surface area contributed by atoms with Crippen LogP contribution in [0.25, 0.3) is 0 Å². The molecule has 3 aliphatic heterocycles. The molecule has 1 aromatic carbocycles. The highest BCUT2D eigenvalue weighted by Crippen LogP contribution is 2.38. The fourth-order valence-electron chi connectivity index (χ4n) is 3.03. The lowest BCUT2D eigenvalue weighted by Crippen LogP contribution is -2.61. The van der Waals surface area contributed by atoms with Gasteiger partial charge in [0.15, 0.2) is 24.8 Å². The van der Waals surface area contributed by atoms with Crippen molar-refractivity contribution in [2.75, 3.05) is 13.7 Å². The topological polar surface area (TPSA) is 55.4 Å². The van der Waals surface area contributed by atoms with Crippen LogP contribution in [0.3, 0.4) is 0 Å². The highest BCUT2D eigenvalue weighted by Gasteiger charge is 2.56. The highest BCUT2D eigenvalue weighted by atomic mass is 32.1. The molecule has 118 valence electrons. The minimum Gasteiger partial charge on any atom is -0.446 e. The Balaban J connectivity index is 1.56. The largest absolute Gasteiger partial charge is 0.446 e. The van der Waals surface area contributed by atoms with Gasteiger partial charge in [0, 0.05) is 24.9 Å². The second-order valence-corrected chi connectivity index (χ2v) is 5.70. The van der Waals surface area contributed by atoms with Crippen molar-refractivity contribution in [2.45, 2.75) is 37.0 Å². The highest BCUT2D eigenvalue weighted by molar-refractivity contribution is 7.79. The van der Waals surface area contributed by atoms with E-state index in [0.29, 0.717) is 6.61 Å². The van der Waals surface area contributed by atoms with Crippen LogP contribution in [0.1, 0.15) is 11.9 Å². The van der Waals surface area contributed by atoms with Gasteiger partial charge in [-0.1, -0.05) is 30.3 Å². The molecule has 3 aliphatic rings. The molecule has 3 saturated heterocycles. The second kappa shape index (κ2) is 5.75. The summed E-state index contributed by atoms with van der Waals surface area (Å²) in [4.78, 5) is 0. The van der Waals surface area contributed by atoms with Crippen LogP contribution in [-0.2, 0) is 28.4 Å². The summed E-state index contributed by atoms with van der Waals surface area (Å²) in [6.45, 7) is 0.392. The Morgan fingerprint density at radius 1 is 1.05 bits per heavy atom. The monoisotopic (exact) mass is 324 g/mol. The first-order valence-electron chi connectivity index (χ1n) is 7.14. The van der Waals surface area contributed by atoms with Gasteiger partial charge >= 0.3 is 5.24 Å². The molecule has 0 spiro atoms. The number of rotatable bonds is 2. The molecule has 0 bridgehead atoms. The van der Waals surface area contributed by atoms with Gasteiger partial charge in [0.25, 0.3) is 0 Å². The predicted octanol–water partition coefficient (Wildman–Crippen LogP) is 1.54. The maximum atomic E-state index is 6.06. The van der Waals surface area contributed by atoms with E-state index >= 15 is 0 Å². The first kappa shape index (κ1) is 14.3. The molecule has 0 aromatic heterocycles. The average molecular weight is 324 g/mol. The molecule has 7 heteroatoms. The van der Waals surface area contributed by atoms with Crippen molar-refractivity contribution in [2.24, 2.45) is 0 Å². The van der Waals surface area contributed by atoms with E-state index in [1.807, 2.05) is 30.3 Å². The van der Waals surface area contributed by atoms with Gasteiger partial charge in [-0.25, -0.2) is 0 Å².